The van der Waals surface area contributed by atoms with Crippen molar-refractivity contribution in [1.29, 1.82) is 0 Å². The molecule has 1 unspecified atom stereocenters. The van der Waals surface area contributed by atoms with Gasteiger partial charge < -0.3 is 9.47 Å². The number of carbonyl (C=O) groups excluding carboxylic acids is 2. The summed E-state index contributed by atoms with van der Waals surface area (Å²) in [5.74, 6) is -0.588. The van der Waals surface area contributed by atoms with Gasteiger partial charge >= 0.3 is 11.9 Å². The molecule has 0 radical (unpaired) electrons. The van der Waals surface area contributed by atoms with E-state index in [4.69, 9.17) is 9.47 Å². The molecule has 178 valence electrons. The zero-order valence-electron chi connectivity index (χ0n) is 20.4. The SMILES string of the molecule is CCCCCCCCCCCCCCCCOC(=O)CCC(=O)OC(C)CCCC. The standard InChI is InChI=1S/C26H50O4/c1-4-6-8-9-10-11-12-13-14-15-16-17-18-19-23-29-25(27)21-22-26(28)30-24(3)20-7-5-2/h24H,4-23H2,1-3H3. The smallest absolute Gasteiger partial charge is 0.306 e. The van der Waals surface area contributed by atoms with Crippen molar-refractivity contribution in [2.24, 2.45) is 0 Å². The highest BCUT2D eigenvalue weighted by Crippen LogP contribution is 2.13. The molecular weight excluding hydrogens is 376 g/mol. The Kier molecular flexibility index (Phi) is 21.8. The maximum Gasteiger partial charge on any atom is 0.306 e. The van der Waals surface area contributed by atoms with E-state index < -0.39 is 0 Å². The summed E-state index contributed by atoms with van der Waals surface area (Å²) in [4.78, 5) is 23.4. The van der Waals surface area contributed by atoms with Crippen LogP contribution in [0.15, 0.2) is 0 Å². The topological polar surface area (TPSA) is 52.6 Å². The highest BCUT2D eigenvalue weighted by atomic mass is 16.5. The van der Waals surface area contributed by atoms with Gasteiger partial charge in [0.1, 0.15) is 0 Å². The zero-order valence-corrected chi connectivity index (χ0v) is 20.4. The maximum absolute atomic E-state index is 11.7. The first-order valence-electron chi connectivity index (χ1n) is 12.9. The van der Waals surface area contributed by atoms with E-state index in [1.54, 1.807) is 0 Å². The Morgan fingerprint density at radius 2 is 1.03 bits per heavy atom. The fraction of sp³-hybridized carbons (Fsp3) is 0.923. The lowest BCUT2D eigenvalue weighted by Gasteiger charge is -2.12. The molecule has 0 aromatic heterocycles. The lowest BCUT2D eigenvalue weighted by atomic mass is 10.0. The van der Waals surface area contributed by atoms with Crippen LogP contribution in [-0.2, 0) is 19.1 Å². The number of esters is 2. The minimum absolute atomic E-state index is 0.0657. The third-order valence-corrected chi connectivity index (χ3v) is 5.59. The number of ether oxygens (including phenoxy) is 2. The molecular formula is C26H50O4. The van der Waals surface area contributed by atoms with Crippen LogP contribution < -0.4 is 0 Å². The Balaban J connectivity index is 3.32. The van der Waals surface area contributed by atoms with Gasteiger partial charge in [-0.15, -0.1) is 0 Å². The second-order valence-corrected chi connectivity index (χ2v) is 8.76. The lowest BCUT2D eigenvalue weighted by Crippen LogP contribution is -2.16. The molecule has 0 fully saturated rings. The molecule has 0 aliphatic rings. The van der Waals surface area contributed by atoms with Crippen LogP contribution >= 0.6 is 0 Å². The minimum Gasteiger partial charge on any atom is -0.466 e. The summed E-state index contributed by atoms with van der Waals surface area (Å²) < 4.78 is 10.5. The second-order valence-electron chi connectivity index (χ2n) is 8.76. The summed E-state index contributed by atoms with van der Waals surface area (Å²) in [5.41, 5.74) is 0. The molecule has 0 bridgehead atoms. The summed E-state index contributed by atoms with van der Waals surface area (Å²) in [5, 5.41) is 0. The predicted octanol–water partition coefficient (Wildman–Crippen LogP) is 7.91. The number of carbonyl (C=O) groups is 2. The van der Waals surface area contributed by atoms with Crippen LogP contribution in [0.3, 0.4) is 0 Å². The largest absolute Gasteiger partial charge is 0.466 e. The fourth-order valence-electron chi connectivity index (χ4n) is 3.59. The van der Waals surface area contributed by atoms with Gasteiger partial charge in [-0.25, -0.2) is 0 Å². The Labute approximate surface area is 186 Å². The first-order valence-corrected chi connectivity index (χ1v) is 12.9. The molecule has 0 aromatic rings. The average molecular weight is 427 g/mol. The van der Waals surface area contributed by atoms with Crippen molar-refractivity contribution in [3.8, 4) is 0 Å². The Morgan fingerprint density at radius 1 is 0.600 bits per heavy atom. The van der Waals surface area contributed by atoms with Crippen molar-refractivity contribution >= 4 is 11.9 Å². The number of hydrogen-bond donors (Lipinski definition) is 0. The highest BCUT2D eigenvalue weighted by Gasteiger charge is 2.12. The van der Waals surface area contributed by atoms with Crippen LogP contribution in [0.2, 0.25) is 0 Å². The molecule has 0 heterocycles. The summed E-state index contributed by atoms with van der Waals surface area (Å²) in [6, 6.07) is 0. The van der Waals surface area contributed by atoms with Crippen molar-refractivity contribution < 1.29 is 19.1 Å². The van der Waals surface area contributed by atoms with Crippen LogP contribution in [-0.4, -0.2) is 24.6 Å². The van der Waals surface area contributed by atoms with Gasteiger partial charge in [0.2, 0.25) is 0 Å². The van der Waals surface area contributed by atoms with Crippen molar-refractivity contribution in [3.05, 3.63) is 0 Å². The van der Waals surface area contributed by atoms with E-state index in [0.717, 1.165) is 32.1 Å². The molecule has 0 spiro atoms. The van der Waals surface area contributed by atoms with Gasteiger partial charge in [0.05, 0.1) is 25.6 Å². The first kappa shape index (κ1) is 28.9. The quantitative estimate of drug-likeness (QED) is 0.130. The van der Waals surface area contributed by atoms with E-state index in [2.05, 4.69) is 13.8 Å². The fourth-order valence-corrected chi connectivity index (χ4v) is 3.59. The Bertz CT molecular complexity index is 394. The first-order chi connectivity index (χ1) is 14.6. The third kappa shape index (κ3) is 21.6. The molecule has 0 amide bonds. The molecule has 4 heteroatoms. The molecule has 0 N–H and O–H groups in total. The van der Waals surface area contributed by atoms with Gasteiger partial charge in [-0.3, -0.25) is 9.59 Å². The highest BCUT2D eigenvalue weighted by molar-refractivity contribution is 5.77. The summed E-state index contributed by atoms with van der Waals surface area (Å²) in [7, 11) is 0. The van der Waals surface area contributed by atoms with Crippen LogP contribution in [0, 0.1) is 0 Å². The summed E-state index contributed by atoms with van der Waals surface area (Å²) in [6.07, 6.45) is 21.6. The molecule has 4 nitrogen and oxygen atoms in total. The molecule has 1 atom stereocenters. The maximum atomic E-state index is 11.7. The van der Waals surface area contributed by atoms with Crippen LogP contribution in [0.1, 0.15) is 143 Å². The van der Waals surface area contributed by atoms with Gasteiger partial charge in [0.25, 0.3) is 0 Å². The summed E-state index contributed by atoms with van der Waals surface area (Å²) in [6.45, 7) is 6.76. The van der Waals surface area contributed by atoms with Crippen molar-refractivity contribution in [2.75, 3.05) is 6.61 Å². The molecule has 0 rings (SSSR count). The third-order valence-electron chi connectivity index (χ3n) is 5.59. The zero-order chi connectivity index (χ0) is 22.3. The molecule has 0 aromatic carbocycles. The van der Waals surface area contributed by atoms with Crippen molar-refractivity contribution in [3.63, 3.8) is 0 Å². The van der Waals surface area contributed by atoms with E-state index in [0.29, 0.717) is 6.61 Å². The average Bonchev–Trinajstić information content (AvgIpc) is 2.73. The van der Waals surface area contributed by atoms with Crippen LogP contribution in [0.5, 0.6) is 0 Å². The molecule has 0 saturated heterocycles. The number of unbranched alkanes of at least 4 members (excludes halogenated alkanes) is 14. The van der Waals surface area contributed by atoms with E-state index in [1.807, 2.05) is 6.92 Å². The summed E-state index contributed by atoms with van der Waals surface area (Å²) >= 11 is 0. The van der Waals surface area contributed by atoms with Crippen LogP contribution in [0.4, 0.5) is 0 Å². The monoisotopic (exact) mass is 426 g/mol. The minimum atomic E-state index is -0.299. The van der Waals surface area contributed by atoms with Gasteiger partial charge in [-0.05, 0) is 19.8 Å². The lowest BCUT2D eigenvalue weighted by molar-refractivity contribution is -0.153. The van der Waals surface area contributed by atoms with Crippen LogP contribution in [0.25, 0.3) is 0 Å². The van der Waals surface area contributed by atoms with E-state index >= 15 is 0 Å². The number of hydrogen-bond acceptors (Lipinski definition) is 4. The Morgan fingerprint density at radius 3 is 1.53 bits per heavy atom. The van der Waals surface area contributed by atoms with Gasteiger partial charge in [0.15, 0.2) is 0 Å². The molecule has 30 heavy (non-hydrogen) atoms. The molecule has 0 saturated carbocycles. The van der Waals surface area contributed by atoms with E-state index in [1.165, 1.54) is 77.0 Å². The molecule has 0 aliphatic carbocycles. The Hall–Kier alpha value is -1.06. The van der Waals surface area contributed by atoms with E-state index in [-0.39, 0.29) is 30.9 Å². The molecule has 0 aliphatic heterocycles. The predicted molar refractivity (Wildman–Crippen MR) is 126 cm³/mol. The van der Waals surface area contributed by atoms with E-state index in [9.17, 15) is 9.59 Å². The second kappa shape index (κ2) is 22.6. The normalized spacial score (nSPS) is 12.0. The number of rotatable bonds is 22. The van der Waals surface area contributed by atoms with Crippen molar-refractivity contribution in [1.82, 2.24) is 0 Å². The van der Waals surface area contributed by atoms with Crippen molar-refractivity contribution in [2.45, 2.75) is 149 Å². The van der Waals surface area contributed by atoms with Gasteiger partial charge in [-0.2, -0.15) is 0 Å². The van der Waals surface area contributed by atoms with Gasteiger partial charge in [0, 0.05) is 0 Å². The van der Waals surface area contributed by atoms with Gasteiger partial charge in [-0.1, -0.05) is 110 Å².